The van der Waals surface area contributed by atoms with E-state index in [1.807, 2.05) is 6.07 Å². The van der Waals surface area contributed by atoms with Gasteiger partial charge in [0.1, 0.15) is 0 Å². The summed E-state index contributed by atoms with van der Waals surface area (Å²) in [6, 6.07) is 10.5. The summed E-state index contributed by atoms with van der Waals surface area (Å²) in [5.74, 6) is 0.234. The average Bonchev–Trinajstić information content (AvgIpc) is 2.79. The van der Waals surface area contributed by atoms with Gasteiger partial charge in [-0.2, -0.15) is 0 Å². The summed E-state index contributed by atoms with van der Waals surface area (Å²) in [7, 11) is -1.79. The Morgan fingerprint density at radius 2 is 1.82 bits per heavy atom. The summed E-state index contributed by atoms with van der Waals surface area (Å²) in [6.45, 7) is 14.4. The SMILES string of the molecule is CC(C)(C)[Si](C)(C)OC1CN(Cc2ccccc2)CC1CO. The van der Waals surface area contributed by atoms with E-state index in [-0.39, 0.29) is 23.7 Å². The second-order valence-electron chi connectivity index (χ2n) is 8.04. The van der Waals surface area contributed by atoms with Crippen LogP contribution in [-0.4, -0.2) is 44.1 Å². The van der Waals surface area contributed by atoms with Gasteiger partial charge in [-0.15, -0.1) is 0 Å². The Bertz CT molecular complexity index is 470. The lowest BCUT2D eigenvalue weighted by atomic mass is 10.1. The Hall–Kier alpha value is -0.683. The van der Waals surface area contributed by atoms with Crippen LogP contribution < -0.4 is 0 Å². The first-order valence-electron chi connectivity index (χ1n) is 8.28. The van der Waals surface area contributed by atoms with Crippen LogP contribution in [0.5, 0.6) is 0 Å². The zero-order valence-corrected chi connectivity index (χ0v) is 15.7. The molecule has 1 aromatic carbocycles. The molecular formula is C18H31NO2Si. The molecule has 1 N–H and O–H groups in total. The maximum absolute atomic E-state index is 9.73. The largest absolute Gasteiger partial charge is 0.412 e. The van der Waals surface area contributed by atoms with E-state index >= 15 is 0 Å². The van der Waals surface area contributed by atoms with Crippen molar-refractivity contribution < 1.29 is 9.53 Å². The second-order valence-corrected chi connectivity index (χ2v) is 12.8. The van der Waals surface area contributed by atoms with E-state index < -0.39 is 8.32 Å². The molecule has 0 radical (unpaired) electrons. The molecule has 4 heteroatoms. The second kappa shape index (κ2) is 6.83. The van der Waals surface area contributed by atoms with Crippen LogP contribution in [0.25, 0.3) is 0 Å². The molecule has 0 aromatic heterocycles. The lowest BCUT2D eigenvalue weighted by Gasteiger charge is -2.39. The lowest BCUT2D eigenvalue weighted by Crippen LogP contribution is -2.46. The quantitative estimate of drug-likeness (QED) is 0.843. The Morgan fingerprint density at radius 1 is 1.18 bits per heavy atom. The summed E-state index contributed by atoms with van der Waals surface area (Å²) in [5.41, 5.74) is 1.33. The van der Waals surface area contributed by atoms with Crippen molar-refractivity contribution >= 4 is 8.32 Å². The van der Waals surface area contributed by atoms with Crippen LogP contribution in [0.1, 0.15) is 26.3 Å². The number of aliphatic hydroxyl groups is 1. The molecule has 3 nitrogen and oxygen atoms in total. The number of likely N-dealkylation sites (tertiary alicyclic amines) is 1. The normalized spacial score (nSPS) is 23.9. The van der Waals surface area contributed by atoms with Crippen LogP contribution in [0.4, 0.5) is 0 Å². The smallest absolute Gasteiger partial charge is 0.192 e. The summed E-state index contributed by atoms with van der Waals surface area (Å²) < 4.78 is 6.57. The molecule has 0 amide bonds. The Morgan fingerprint density at radius 3 is 2.36 bits per heavy atom. The first-order chi connectivity index (χ1) is 10.2. The molecule has 0 saturated carbocycles. The fraction of sp³-hybridized carbons (Fsp3) is 0.667. The summed E-state index contributed by atoms with van der Waals surface area (Å²) in [4.78, 5) is 2.41. The molecule has 0 spiro atoms. The molecule has 1 aliphatic rings. The zero-order chi connectivity index (χ0) is 16.4. The maximum atomic E-state index is 9.73. The number of nitrogens with zero attached hydrogens (tertiary/aromatic N) is 1. The fourth-order valence-electron chi connectivity index (χ4n) is 2.76. The third-order valence-corrected chi connectivity index (χ3v) is 9.70. The highest BCUT2D eigenvalue weighted by Crippen LogP contribution is 2.39. The minimum atomic E-state index is -1.79. The van der Waals surface area contributed by atoms with Crippen LogP contribution in [0.2, 0.25) is 18.1 Å². The van der Waals surface area contributed by atoms with E-state index in [4.69, 9.17) is 4.43 Å². The van der Waals surface area contributed by atoms with Gasteiger partial charge in [-0.05, 0) is 23.7 Å². The molecule has 1 aromatic rings. The minimum Gasteiger partial charge on any atom is -0.412 e. The van der Waals surface area contributed by atoms with Crippen molar-refractivity contribution in [3.8, 4) is 0 Å². The lowest BCUT2D eigenvalue weighted by molar-refractivity contribution is 0.110. The monoisotopic (exact) mass is 321 g/mol. The first kappa shape index (κ1) is 17.7. The van der Waals surface area contributed by atoms with E-state index in [2.05, 4.69) is 63.0 Å². The maximum Gasteiger partial charge on any atom is 0.192 e. The molecule has 0 aliphatic carbocycles. The summed E-state index contributed by atoms with van der Waals surface area (Å²) >= 11 is 0. The number of hydrogen-bond donors (Lipinski definition) is 1. The van der Waals surface area contributed by atoms with Crippen molar-refractivity contribution in [2.45, 2.75) is 51.6 Å². The Labute approximate surface area is 136 Å². The number of hydrogen-bond acceptors (Lipinski definition) is 3. The van der Waals surface area contributed by atoms with Crippen LogP contribution in [-0.2, 0) is 11.0 Å². The predicted octanol–water partition coefficient (Wildman–Crippen LogP) is 3.50. The van der Waals surface area contributed by atoms with E-state index in [0.717, 1.165) is 19.6 Å². The zero-order valence-electron chi connectivity index (χ0n) is 14.7. The minimum absolute atomic E-state index is 0.162. The molecule has 1 aliphatic heterocycles. The van der Waals surface area contributed by atoms with Gasteiger partial charge in [0.05, 0.1) is 6.10 Å². The topological polar surface area (TPSA) is 32.7 Å². The van der Waals surface area contributed by atoms with Gasteiger partial charge in [-0.1, -0.05) is 51.1 Å². The highest BCUT2D eigenvalue weighted by molar-refractivity contribution is 6.74. The van der Waals surface area contributed by atoms with Gasteiger partial charge >= 0.3 is 0 Å². The molecule has 2 atom stereocenters. The molecule has 1 saturated heterocycles. The van der Waals surface area contributed by atoms with Crippen molar-refractivity contribution in [1.29, 1.82) is 0 Å². The molecule has 2 unspecified atom stereocenters. The van der Waals surface area contributed by atoms with Crippen molar-refractivity contribution in [3.63, 3.8) is 0 Å². The van der Waals surface area contributed by atoms with Crippen LogP contribution in [0.3, 0.4) is 0 Å². The van der Waals surface area contributed by atoms with Crippen molar-refractivity contribution in [1.82, 2.24) is 4.90 Å². The van der Waals surface area contributed by atoms with Crippen molar-refractivity contribution in [3.05, 3.63) is 35.9 Å². The highest BCUT2D eigenvalue weighted by atomic mass is 28.4. The Kier molecular flexibility index (Phi) is 5.48. The van der Waals surface area contributed by atoms with E-state index in [1.54, 1.807) is 0 Å². The third kappa shape index (κ3) is 4.19. The van der Waals surface area contributed by atoms with E-state index in [9.17, 15) is 5.11 Å². The van der Waals surface area contributed by atoms with Gasteiger partial charge in [0.25, 0.3) is 0 Å². The van der Waals surface area contributed by atoms with Crippen molar-refractivity contribution in [2.75, 3.05) is 19.7 Å². The van der Waals surface area contributed by atoms with Gasteiger partial charge in [0.15, 0.2) is 8.32 Å². The number of benzene rings is 1. The van der Waals surface area contributed by atoms with Gasteiger partial charge < -0.3 is 9.53 Å². The standard InChI is InChI=1S/C18H31NO2Si/c1-18(2,3)22(4,5)21-17-13-19(12-16(17)14-20)11-15-9-7-6-8-10-15/h6-10,16-17,20H,11-14H2,1-5H3. The number of rotatable bonds is 5. The third-order valence-electron chi connectivity index (χ3n) is 5.19. The first-order valence-corrected chi connectivity index (χ1v) is 11.2. The molecular weight excluding hydrogens is 290 g/mol. The van der Waals surface area contributed by atoms with Crippen LogP contribution >= 0.6 is 0 Å². The van der Waals surface area contributed by atoms with E-state index in [1.165, 1.54) is 5.56 Å². The van der Waals surface area contributed by atoms with Gasteiger partial charge in [-0.3, -0.25) is 4.90 Å². The number of aliphatic hydroxyl groups excluding tert-OH is 1. The molecule has 1 heterocycles. The average molecular weight is 322 g/mol. The molecule has 1 fully saturated rings. The summed E-state index contributed by atoms with van der Waals surface area (Å²) in [5, 5.41) is 9.94. The fourth-order valence-corrected chi connectivity index (χ4v) is 4.14. The van der Waals surface area contributed by atoms with Crippen LogP contribution in [0, 0.1) is 5.92 Å². The predicted molar refractivity (Wildman–Crippen MR) is 94.4 cm³/mol. The van der Waals surface area contributed by atoms with Crippen molar-refractivity contribution in [2.24, 2.45) is 5.92 Å². The highest BCUT2D eigenvalue weighted by Gasteiger charge is 2.43. The Balaban J connectivity index is 2.01. The molecule has 0 bridgehead atoms. The van der Waals surface area contributed by atoms with E-state index in [0.29, 0.717) is 0 Å². The molecule has 22 heavy (non-hydrogen) atoms. The van der Waals surface area contributed by atoms with Gasteiger partial charge in [0.2, 0.25) is 0 Å². The van der Waals surface area contributed by atoms with Gasteiger partial charge in [-0.25, -0.2) is 0 Å². The van der Waals surface area contributed by atoms with Gasteiger partial charge in [0, 0.05) is 32.2 Å². The summed E-state index contributed by atoms with van der Waals surface area (Å²) in [6.07, 6.45) is 0.162. The molecule has 124 valence electrons. The molecule has 2 rings (SSSR count). The van der Waals surface area contributed by atoms with Crippen LogP contribution in [0.15, 0.2) is 30.3 Å².